The number of amides is 1. The molecule has 4 rings (SSSR count). The molecule has 2 fully saturated rings. The van der Waals surface area contributed by atoms with Crippen LogP contribution in [-0.4, -0.2) is 66.8 Å². The van der Waals surface area contributed by atoms with Crippen LogP contribution in [0, 0.1) is 5.82 Å². The first-order valence-electron chi connectivity index (χ1n) is 10.7. The van der Waals surface area contributed by atoms with E-state index in [1.807, 2.05) is 23.1 Å². The standard InChI is InChI=1S/C24H28FN3O2/c1-18(29)20-8-2-3-9-21(20)24(30)28-12-6-7-19(17-28)26-13-15-27(16-14-26)23-11-5-4-10-22(23)25/h2-5,8-11,19H,6-7,12-17H2,1H3/t19-/m0/s1. The van der Waals surface area contributed by atoms with Crippen LogP contribution < -0.4 is 4.90 Å². The molecule has 0 saturated carbocycles. The zero-order chi connectivity index (χ0) is 21.1. The molecule has 2 aliphatic rings. The Morgan fingerprint density at radius 3 is 2.27 bits per heavy atom. The van der Waals surface area contributed by atoms with Crippen molar-refractivity contribution in [1.29, 1.82) is 0 Å². The first-order chi connectivity index (χ1) is 14.5. The number of nitrogens with zero attached hydrogens (tertiary/aromatic N) is 3. The van der Waals surface area contributed by atoms with E-state index in [1.165, 1.54) is 13.0 Å². The molecule has 0 bridgehead atoms. The monoisotopic (exact) mass is 409 g/mol. The lowest BCUT2D eigenvalue weighted by molar-refractivity contribution is 0.0561. The van der Waals surface area contributed by atoms with Gasteiger partial charge in [0, 0.05) is 50.9 Å². The van der Waals surface area contributed by atoms with Crippen LogP contribution in [0.15, 0.2) is 48.5 Å². The maximum Gasteiger partial charge on any atom is 0.254 e. The Bertz CT molecular complexity index is 924. The number of piperidine rings is 1. The molecule has 30 heavy (non-hydrogen) atoms. The summed E-state index contributed by atoms with van der Waals surface area (Å²) in [5.41, 5.74) is 1.65. The summed E-state index contributed by atoms with van der Waals surface area (Å²) in [5.74, 6) is -0.322. The van der Waals surface area contributed by atoms with Gasteiger partial charge in [0.1, 0.15) is 5.82 Å². The largest absolute Gasteiger partial charge is 0.367 e. The van der Waals surface area contributed by atoms with Crippen LogP contribution in [0.2, 0.25) is 0 Å². The number of carbonyl (C=O) groups is 2. The fraction of sp³-hybridized carbons (Fsp3) is 0.417. The smallest absolute Gasteiger partial charge is 0.254 e. The van der Waals surface area contributed by atoms with Crippen LogP contribution in [0.5, 0.6) is 0 Å². The zero-order valence-electron chi connectivity index (χ0n) is 17.4. The quantitative estimate of drug-likeness (QED) is 0.726. The Hall–Kier alpha value is -2.73. The SMILES string of the molecule is CC(=O)c1ccccc1C(=O)N1CCC[C@H](N2CCN(c3ccccc3F)CC2)C1. The molecule has 6 heteroatoms. The van der Waals surface area contributed by atoms with Gasteiger partial charge in [0.15, 0.2) is 5.78 Å². The molecular weight excluding hydrogens is 381 g/mol. The minimum absolute atomic E-state index is 0.0597. The molecular formula is C24H28FN3O2. The van der Waals surface area contributed by atoms with Gasteiger partial charge < -0.3 is 9.80 Å². The Morgan fingerprint density at radius 2 is 1.57 bits per heavy atom. The second kappa shape index (κ2) is 8.96. The predicted molar refractivity (Wildman–Crippen MR) is 116 cm³/mol. The van der Waals surface area contributed by atoms with Crippen LogP contribution in [0.1, 0.15) is 40.5 Å². The molecule has 0 radical (unpaired) electrons. The number of halogens is 1. The van der Waals surface area contributed by atoms with Crippen molar-refractivity contribution in [3.63, 3.8) is 0 Å². The highest BCUT2D eigenvalue weighted by Gasteiger charge is 2.31. The minimum Gasteiger partial charge on any atom is -0.367 e. The van der Waals surface area contributed by atoms with Crippen molar-refractivity contribution in [2.45, 2.75) is 25.8 Å². The van der Waals surface area contributed by atoms with Crippen molar-refractivity contribution >= 4 is 17.4 Å². The number of hydrogen-bond donors (Lipinski definition) is 0. The highest BCUT2D eigenvalue weighted by Crippen LogP contribution is 2.24. The fourth-order valence-electron chi connectivity index (χ4n) is 4.62. The number of benzene rings is 2. The molecule has 2 saturated heterocycles. The summed E-state index contributed by atoms with van der Waals surface area (Å²) in [5, 5.41) is 0. The third-order valence-electron chi connectivity index (χ3n) is 6.24. The van der Waals surface area contributed by atoms with E-state index in [1.54, 1.807) is 24.3 Å². The number of hydrogen-bond acceptors (Lipinski definition) is 4. The van der Waals surface area contributed by atoms with Gasteiger partial charge in [-0.3, -0.25) is 14.5 Å². The maximum atomic E-state index is 14.1. The molecule has 2 aromatic rings. The van der Waals surface area contributed by atoms with Crippen molar-refractivity contribution in [2.24, 2.45) is 0 Å². The molecule has 158 valence electrons. The molecule has 0 unspecified atom stereocenters. The van der Waals surface area contributed by atoms with Gasteiger partial charge in [-0.25, -0.2) is 4.39 Å². The van der Waals surface area contributed by atoms with E-state index in [0.717, 1.165) is 45.6 Å². The lowest BCUT2D eigenvalue weighted by atomic mass is 9.99. The van der Waals surface area contributed by atoms with Gasteiger partial charge in [-0.15, -0.1) is 0 Å². The highest BCUT2D eigenvalue weighted by atomic mass is 19.1. The van der Waals surface area contributed by atoms with E-state index in [0.29, 0.717) is 29.4 Å². The van der Waals surface area contributed by atoms with Gasteiger partial charge in [-0.1, -0.05) is 30.3 Å². The van der Waals surface area contributed by atoms with E-state index >= 15 is 0 Å². The fourth-order valence-corrected chi connectivity index (χ4v) is 4.62. The van der Waals surface area contributed by atoms with Gasteiger partial charge in [0.2, 0.25) is 0 Å². The van der Waals surface area contributed by atoms with Gasteiger partial charge >= 0.3 is 0 Å². The van der Waals surface area contributed by atoms with Crippen molar-refractivity contribution < 1.29 is 14.0 Å². The van der Waals surface area contributed by atoms with Crippen LogP contribution >= 0.6 is 0 Å². The number of carbonyl (C=O) groups excluding carboxylic acids is 2. The summed E-state index contributed by atoms with van der Waals surface area (Å²) in [6.07, 6.45) is 2.00. The summed E-state index contributed by atoms with van der Waals surface area (Å²) >= 11 is 0. The van der Waals surface area contributed by atoms with Gasteiger partial charge in [-0.05, 0) is 38.0 Å². The van der Waals surface area contributed by atoms with E-state index < -0.39 is 0 Å². The number of rotatable bonds is 4. The maximum absolute atomic E-state index is 14.1. The number of likely N-dealkylation sites (tertiary alicyclic amines) is 1. The number of piperazine rings is 1. The summed E-state index contributed by atoms with van der Waals surface area (Å²) in [4.78, 5) is 31.5. The second-order valence-electron chi connectivity index (χ2n) is 8.12. The molecule has 2 aromatic carbocycles. The van der Waals surface area contributed by atoms with Crippen molar-refractivity contribution in [2.75, 3.05) is 44.2 Å². The number of Topliss-reactive ketones (excluding diaryl/α,β-unsaturated/α-hetero) is 1. The Balaban J connectivity index is 1.40. The lowest BCUT2D eigenvalue weighted by Gasteiger charge is -2.44. The molecule has 1 amide bonds. The van der Waals surface area contributed by atoms with Crippen LogP contribution in [0.25, 0.3) is 0 Å². The molecule has 0 aromatic heterocycles. The molecule has 5 nitrogen and oxygen atoms in total. The third kappa shape index (κ3) is 4.24. The molecule has 2 heterocycles. The second-order valence-corrected chi connectivity index (χ2v) is 8.12. The molecule has 0 aliphatic carbocycles. The van der Waals surface area contributed by atoms with Gasteiger partial charge in [-0.2, -0.15) is 0 Å². The number of ketones is 1. The van der Waals surface area contributed by atoms with Crippen LogP contribution in [0.3, 0.4) is 0 Å². The Kier molecular flexibility index (Phi) is 6.13. The minimum atomic E-state index is -0.176. The van der Waals surface area contributed by atoms with Crippen LogP contribution in [0.4, 0.5) is 10.1 Å². The highest BCUT2D eigenvalue weighted by molar-refractivity contribution is 6.07. The predicted octanol–water partition coefficient (Wildman–Crippen LogP) is 3.46. The van der Waals surface area contributed by atoms with Crippen molar-refractivity contribution in [1.82, 2.24) is 9.80 Å². The summed E-state index contributed by atoms with van der Waals surface area (Å²) in [6, 6.07) is 14.3. The zero-order valence-corrected chi connectivity index (χ0v) is 17.4. The summed E-state index contributed by atoms with van der Waals surface area (Å²) in [6.45, 7) is 6.15. The van der Waals surface area contributed by atoms with Crippen LogP contribution in [-0.2, 0) is 0 Å². The third-order valence-corrected chi connectivity index (χ3v) is 6.24. The first-order valence-corrected chi connectivity index (χ1v) is 10.7. The van der Waals surface area contributed by atoms with E-state index in [-0.39, 0.29) is 17.5 Å². The average Bonchev–Trinajstić information content (AvgIpc) is 2.79. The molecule has 2 aliphatic heterocycles. The molecule has 0 spiro atoms. The van der Waals surface area contributed by atoms with Gasteiger partial charge in [0.25, 0.3) is 5.91 Å². The Morgan fingerprint density at radius 1 is 0.900 bits per heavy atom. The Labute approximate surface area is 177 Å². The molecule has 0 N–H and O–H groups in total. The van der Waals surface area contributed by atoms with Crippen molar-refractivity contribution in [3.05, 3.63) is 65.5 Å². The normalized spacial score (nSPS) is 20.3. The number of para-hydroxylation sites is 1. The molecule has 1 atom stereocenters. The summed E-state index contributed by atoms with van der Waals surface area (Å²) < 4.78 is 14.1. The van der Waals surface area contributed by atoms with E-state index in [2.05, 4.69) is 9.80 Å². The summed E-state index contributed by atoms with van der Waals surface area (Å²) in [7, 11) is 0. The number of anilines is 1. The van der Waals surface area contributed by atoms with E-state index in [4.69, 9.17) is 0 Å². The van der Waals surface area contributed by atoms with Gasteiger partial charge in [0.05, 0.1) is 11.3 Å². The lowest BCUT2D eigenvalue weighted by Crippen LogP contribution is -2.56. The van der Waals surface area contributed by atoms with E-state index in [9.17, 15) is 14.0 Å². The average molecular weight is 410 g/mol. The first kappa shape index (κ1) is 20.5. The topological polar surface area (TPSA) is 43.9 Å². The van der Waals surface area contributed by atoms with Crippen molar-refractivity contribution in [3.8, 4) is 0 Å².